The van der Waals surface area contributed by atoms with Crippen LogP contribution in [0.15, 0.2) is 0 Å². The summed E-state index contributed by atoms with van der Waals surface area (Å²) in [6.07, 6.45) is 2.45. The third-order valence-electron chi connectivity index (χ3n) is 1.10. The molecule has 3 nitrogen and oxygen atoms in total. The van der Waals surface area contributed by atoms with E-state index in [9.17, 15) is 4.79 Å². The van der Waals surface area contributed by atoms with Crippen molar-refractivity contribution in [1.29, 1.82) is 0 Å². The maximum atomic E-state index is 9.96. The second-order valence-corrected chi connectivity index (χ2v) is 2.02. The lowest BCUT2D eigenvalue weighted by molar-refractivity contribution is -0.117. The topological polar surface area (TPSA) is 40.5 Å². The van der Waals surface area contributed by atoms with E-state index >= 15 is 0 Å². The van der Waals surface area contributed by atoms with Gasteiger partial charge in [-0.3, -0.25) is 4.79 Å². The number of carbonyl (C=O) groups is 1. The number of nitrogens with zero attached hydrogens (tertiary/aromatic N) is 1. The number of carbonyl (C=O) groups excluding carboxylic acids is 1. The van der Waals surface area contributed by atoms with Crippen LogP contribution in [0.5, 0.6) is 0 Å². The van der Waals surface area contributed by atoms with Gasteiger partial charge in [0.2, 0.25) is 6.41 Å². The average Bonchev–Trinajstić information content (AvgIpc) is 1.89. The smallest absolute Gasteiger partial charge is 0.209 e. The first-order chi connectivity index (χ1) is 4.31. The maximum absolute atomic E-state index is 9.96. The molecule has 0 unspecified atom stereocenters. The molecule has 0 rings (SSSR count). The molecule has 0 fully saturated rings. The SMILES string of the molecule is CN(C=O)CCCCO. The molecular formula is C6H13NO2. The average molecular weight is 131 g/mol. The van der Waals surface area contributed by atoms with Crippen molar-refractivity contribution in [3.63, 3.8) is 0 Å². The van der Waals surface area contributed by atoms with Gasteiger partial charge in [-0.15, -0.1) is 0 Å². The molecule has 0 aliphatic rings. The van der Waals surface area contributed by atoms with Crippen molar-refractivity contribution in [3.8, 4) is 0 Å². The van der Waals surface area contributed by atoms with Crippen LogP contribution in [0, 0.1) is 0 Å². The molecule has 0 atom stereocenters. The van der Waals surface area contributed by atoms with E-state index in [4.69, 9.17) is 5.11 Å². The summed E-state index contributed by atoms with van der Waals surface area (Å²) in [5.74, 6) is 0. The van der Waals surface area contributed by atoms with Crippen molar-refractivity contribution < 1.29 is 9.90 Å². The van der Waals surface area contributed by atoms with E-state index in [1.807, 2.05) is 0 Å². The van der Waals surface area contributed by atoms with Crippen molar-refractivity contribution in [2.75, 3.05) is 20.2 Å². The Hall–Kier alpha value is -0.570. The van der Waals surface area contributed by atoms with E-state index in [-0.39, 0.29) is 6.61 Å². The fraction of sp³-hybridized carbons (Fsp3) is 0.833. The summed E-state index contributed by atoms with van der Waals surface area (Å²) in [6.45, 7) is 0.955. The first-order valence-corrected chi connectivity index (χ1v) is 3.07. The highest BCUT2D eigenvalue weighted by Gasteiger charge is 1.90. The second-order valence-electron chi connectivity index (χ2n) is 2.02. The summed E-state index contributed by atoms with van der Waals surface area (Å²) in [5, 5.41) is 8.35. The molecule has 0 aromatic rings. The number of hydrogen-bond acceptors (Lipinski definition) is 2. The van der Waals surface area contributed by atoms with Gasteiger partial charge in [0.15, 0.2) is 0 Å². The van der Waals surface area contributed by atoms with E-state index in [2.05, 4.69) is 0 Å². The minimum Gasteiger partial charge on any atom is -0.396 e. The fourth-order valence-electron chi connectivity index (χ4n) is 0.526. The highest BCUT2D eigenvalue weighted by atomic mass is 16.2. The van der Waals surface area contributed by atoms with Gasteiger partial charge >= 0.3 is 0 Å². The Morgan fingerprint density at radius 1 is 1.56 bits per heavy atom. The molecule has 0 aliphatic carbocycles. The lowest BCUT2D eigenvalue weighted by atomic mass is 10.3. The summed E-state index contributed by atoms with van der Waals surface area (Å²) in [5.41, 5.74) is 0. The molecular weight excluding hydrogens is 118 g/mol. The van der Waals surface area contributed by atoms with Gasteiger partial charge in [0.1, 0.15) is 0 Å². The van der Waals surface area contributed by atoms with E-state index in [0.29, 0.717) is 0 Å². The zero-order chi connectivity index (χ0) is 7.11. The molecule has 0 bridgehead atoms. The van der Waals surface area contributed by atoms with Crippen LogP contribution in [-0.4, -0.2) is 36.6 Å². The lowest BCUT2D eigenvalue weighted by Gasteiger charge is -2.07. The zero-order valence-corrected chi connectivity index (χ0v) is 5.71. The Kier molecular flexibility index (Phi) is 5.21. The first kappa shape index (κ1) is 8.43. The quantitative estimate of drug-likeness (QED) is 0.416. The van der Waals surface area contributed by atoms with E-state index in [0.717, 1.165) is 25.8 Å². The maximum Gasteiger partial charge on any atom is 0.209 e. The van der Waals surface area contributed by atoms with Gasteiger partial charge in [0, 0.05) is 20.2 Å². The number of aliphatic hydroxyl groups is 1. The van der Waals surface area contributed by atoms with Gasteiger partial charge in [-0.1, -0.05) is 0 Å². The number of rotatable bonds is 5. The Labute approximate surface area is 55.3 Å². The molecule has 9 heavy (non-hydrogen) atoms. The molecule has 0 radical (unpaired) electrons. The van der Waals surface area contributed by atoms with Crippen LogP contribution in [0.2, 0.25) is 0 Å². The largest absolute Gasteiger partial charge is 0.396 e. The molecule has 1 amide bonds. The minimum atomic E-state index is 0.215. The summed E-state index contributed by atoms with van der Waals surface area (Å²) >= 11 is 0. The molecule has 0 heterocycles. The van der Waals surface area contributed by atoms with Gasteiger partial charge in [-0.25, -0.2) is 0 Å². The summed E-state index contributed by atoms with van der Waals surface area (Å²) < 4.78 is 0. The Balaban J connectivity index is 2.96. The second kappa shape index (κ2) is 5.56. The normalized spacial score (nSPS) is 9.11. The van der Waals surface area contributed by atoms with Crippen LogP contribution >= 0.6 is 0 Å². The molecule has 0 spiro atoms. The third-order valence-corrected chi connectivity index (χ3v) is 1.10. The molecule has 0 aromatic carbocycles. The van der Waals surface area contributed by atoms with Crippen molar-refractivity contribution in [1.82, 2.24) is 4.90 Å². The van der Waals surface area contributed by atoms with Gasteiger partial charge < -0.3 is 10.0 Å². The van der Waals surface area contributed by atoms with Gasteiger partial charge in [-0.2, -0.15) is 0 Å². The van der Waals surface area contributed by atoms with Crippen LogP contribution in [0.25, 0.3) is 0 Å². The van der Waals surface area contributed by atoms with E-state index < -0.39 is 0 Å². The Bertz CT molecular complexity index is 75.5. The Morgan fingerprint density at radius 3 is 2.67 bits per heavy atom. The summed E-state index contributed by atoms with van der Waals surface area (Å²) in [4.78, 5) is 11.5. The lowest BCUT2D eigenvalue weighted by Crippen LogP contribution is -2.17. The van der Waals surface area contributed by atoms with E-state index in [1.165, 1.54) is 0 Å². The van der Waals surface area contributed by atoms with Crippen LogP contribution in [-0.2, 0) is 4.79 Å². The van der Waals surface area contributed by atoms with Crippen LogP contribution < -0.4 is 0 Å². The molecule has 1 N–H and O–H groups in total. The number of aliphatic hydroxyl groups excluding tert-OH is 1. The molecule has 54 valence electrons. The summed E-state index contributed by atoms with van der Waals surface area (Å²) in [7, 11) is 1.73. The van der Waals surface area contributed by atoms with Crippen molar-refractivity contribution >= 4 is 6.41 Å². The molecule has 0 aromatic heterocycles. The highest BCUT2D eigenvalue weighted by Crippen LogP contribution is 1.87. The summed E-state index contributed by atoms with van der Waals surface area (Å²) in [6, 6.07) is 0. The van der Waals surface area contributed by atoms with E-state index in [1.54, 1.807) is 11.9 Å². The number of hydrogen-bond donors (Lipinski definition) is 1. The van der Waals surface area contributed by atoms with Crippen molar-refractivity contribution in [2.24, 2.45) is 0 Å². The van der Waals surface area contributed by atoms with Crippen molar-refractivity contribution in [3.05, 3.63) is 0 Å². The standard InChI is InChI=1S/C6H13NO2/c1-7(6-9)4-2-3-5-8/h6,8H,2-5H2,1H3. The van der Waals surface area contributed by atoms with Gasteiger partial charge in [0.05, 0.1) is 0 Å². The van der Waals surface area contributed by atoms with Gasteiger partial charge in [-0.05, 0) is 12.8 Å². The highest BCUT2D eigenvalue weighted by molar-refractivity contribution is 5.46. The first-order valence-electron chi connectivity index (χ1n) is 3.07. The minimum absolute atomic E-state index is 0.215. The molecule has 0 saturated heterocycles. The molecule has 3 heteroatoms. The van der Waals surface area contributed by atoms with Crippen LogP contribution in [0.3, 0.4) is 0 Å². The fourth-order valence-corrected chi connectivity index (χ4v) is 0.526. The number of amides is 1. The monoisotopic (exact) mass is 131 g/mol. The number of unbranched alkanes of at least 4 members (excludes halogenated alkanes) is 1. The third kappa shape index (κ3) is 5.30. The predicted molar refractivity (Wildman–Crippen MR) is 35.0 cm³/mol. The predicted octanol–water partition coefficient (Wildman–Crippen LogP) is -0.153. The van der Waals surface area contributed by atoms with Crippen LogP contribution in [0.1, 0.15) is 12.8 Å². The zero-order valence-electron chi connectivity index (χ0n) is 5.71. The molecule has 0 saturated carbocycles. The molecule has 0 aliphatic heterocycles. The van der Waals surface area contributed by atoms with Crippen molar-refractivity contribution in [2.45, 2.75) is 12.8 Å². The Morgan fingerprint density at radius 2 is 2.22 bits per heavy atom. The van der Waals surface area contributed by atoms with Gasteiger partial charge in [0.25, 0.3) is 0 Å². The van der Waals surface area contributed by atoms with Crippen LogP contribution in [0.4, 0.5) is 0 Å².